The van der Waals surface area contributed by atoms with E-state index in [-0.39, 0.29) is 6.04 Å². The molecule has 0 amide bonds. The van der Waals surface area contributed by atoms with Gasteiger partial charge in [0.15, 0.2) is 0 Å². The van der Waals surface area contributed by atoms with Gasteiger partial charge < -0.3 is 5.73 Å². The van der Waals surface area contributed by atoms with Crippen molar-refractivity contribution in [3.8, 4) is 0 Å². The normalized spacial score (nSPS) is 20.4. The van der Waals surface area contributed by atoms with Crippen LogP contribution in [0.4, 0.5) is 0 Å². The molecule has 1 aliphatic rings. The van der Waals surface area contributed by atoms with E-state index in [9.17, 15) is 0 Å². The van der Waals surface area contributed by atoms with Gasteiger partial charge in [-0.2, -0.15) is 11.8 Å². The van der Waals surface area contributed by atoms with Gasteiger partial charge in [-0.3, -0.25) is 0 Å². The quantitative estimate of drug-likeness (QED) is 0.885. The van der Waals surface area contributed by atoms with E-state index in [1.807, 2.05) is 17.5 Å². The molecule has 1 atom stereocenters. The number of thiazole rings is 1. The predicted molar refractivity (Wildman–Crippen MR) is 68.8 cm³/mol. The summed E-state index contributed by atoms with van der Waals surface area (Å²) in [4.78, 5) is 5.89. The summed E-state index contributed by atoms with van der Waals surface area (Å²) in [6.45, 7) is 2.05. The van der Waals surface area contributed by atoms with Crippen LogP contribution in [0.1, 0.15) is 35.6 Å². The molecule has 2 nitrogen and oxygen atoms in total. The van der Waals surface area contributed by atoms with Gasteiger partial charge in [-0.05, 0) is 37.7 Å². The highest BCUT2D eigenvalue weighted by atomic mass is 32.2. The van der Waals surface area contributed by atoms with Crippen LogP contribution in [0.3, 0.4) is 0 Å². The van der Waals surface area contributed by atoms with Crippen LogP contribution in [-0.2, 0) is 6.42 Å². The Morgan fingerprint density at radius 3 is 2.93 bits per heavy atom. The van der Waals surface area contributed by atoms with Crippen molar-refractivity contribution in [3.05, 3.63) is 16.1 Å². The summed E-state index contributed by atoms with van der Waals surface area (Å²) in [6, 6.07) is 0.250. The summed E-state index contributed by atoms with van der Waals surface area (Å²) in [7, 11) is 0. The molecule has 1 fully saturated rings. The van der Waals surface area contributed by atoms with E-state index in [1.54, 1.807) is 0 Å². The van der Waals surface area contributed by atoms with E-state index in [4.69, 9.17) is 5.73 Å². The maximum absolute atomic E-state index is 5.79. The molecule has 1 saturated heterocycles. The number of hydrogen-bond donors (Lipinski definition) is 1. The van der Waals surface area contributed by atoms with E-state index < -0.39 is 0 Å². The van der Waals surface area contributed by atoms with Crippen LogP contribution in [0, 0.1) is 0 Å². The standard InChI is InChI=1S/C11H18N2S2/c1-8(12)6-10-7-13-11(15-10)9-2-4-14-5-3-9/h7-9H,2-6,12H2,1H3. The molecule has 15 heavy (non-hydrogen) atoms. The summed E-state index contributed by atoms with van der Waals surface area (Å²) in [6.07, 6.45) is 5.59. The fourth-order valence-electron chi connectivity index (χ4n) is 1.87. The fraction of sp³-hybridized carbons (Fsp3) is 0.727. The van der Waals surface area contributed by atoms with Crippen molar-refractivity contribution in [2.24, 2.45) is 5.73 Å². The van der Waals surface area contributed by atoms with E-state index >= 15 is 0 Å². The van der Waals surface area contributed by atoms with Gasteiger partial charge in [-0.15, -0.1) is 11.3 Å². The maximum atomic E-state index is 5.79. The number of nitrogens with two attached hydrogens (primary N) is 1. The summed E-state index contributed by atoms with van der Waals surface area (Å²) in [5.41, 5.74) is 5.79. The predicted octanol–water partition coefficient (Wildman–Crippen LogP) is 2.64. The Hall–Kier alpha value is -0.0600. The molecule has 0 radical (unpaired) electrons. The van der Waals surface area contributed by atoms with Crippen LogP contribution < -0.4 is 5.73 Å². The molecule has 1 unspecified atom stereocenters. The van der Waals surface area contributed by atoms with E-state index in [1.165, 1.54) is 34.2 Å². The molecule has 1 aliphatic heterocycles. The van der Waals surface area contributed by atoms with Crippen molar-refractivity contribution < 1.29 is 0 Å². The lowest BCUT2D eigenvalue weighted by Crippen LogP contribution is -2.16. The van der Waals surface area contributed by atoms with Gasteiger partial charge in [0, 0.05) is 23.0 Å². The van der Waals surface area contributed by atoms with Gasteiger partial charge >= 0.3 is 0 Å². The Morgan fingerprint density at radius 2 is 2.27 bits per heavy atom. The molecule has 2 heterocycles. The smallest absolute Gasteiger partial charge is 0.0959 e. The largest absolute Gasteiger partial charge is 0.328 e. The van der Waals surface area contributed by atoms with Crippen molar-refractivity contribution in [2.75, 3.05) is 11.5 Å². The van der Waals surface area contributed by atoms with E-state index in [0.717, 1.165) is 12.3 Å². The highest BCUT2D eigenvalue weighted by Crippen LogP contribution is 2.33. The van der Waals surface area contributed by atoms with E-state index in [0.29, 0.717) is 0 Å². The zero-order chi connectivity index (χ0) is 10.7. The summed E-state index contributed by atoms with van der Waals surface area (Å²) in [5, 5.41) is 1.34. The van der Waals surface area contributed by atoms with Crippen LogP contribution >= 0.6 is 23.1 Å². The maximum Gasteiger partial charge on any atom is 0.0959 e. The molecule has 1 aromatic heterocycles. The second-order valence-corrected chi connectivity index (χ2v) is 6.60. The van der Waals surface area contributed by atoms with Crippen molar-refractivity contribution in [2.45, 2.75) is 38.1 Å². The first-order valence-corrected chi connectivity index (χ1v) is 7.50. The topological polar surface area (TPSA) is 38.9 Å². The Kier molecular flexibility index (Phi) is 4.05. The molecular formula is C11H18N2S2. The van der Waals surface area contributed by atoms with Crippen LogP contribution in [0.25, 0.3) is 0 Å². The Balaban J connectivity index is 1.99. The Labute approximate surface area is 99.7 Å². The molecule has 84 valence electrons. The molecule has 2 rings (SSSR count). The molecule has 0 bridgehead atoms. The second-order valence-electron chi connectivity index (χ2n) is 4.23. The second kappa shape index (κ2) is 5.32. The summed E-state index contributed by atoms with van der Waals surface area (Å²) >= 11 is 3.93. The van der Waals surface area contributed by atoms with E-state index in [2.05, 4.69) is 23.7 Å². The van der Waals surface area contributed by atoms with Crippen LogP contribution in [0.5, 0.6) is 0 Å². The lowest BCUT2D eigenvalue weighted by atomic mass is 10.0. The van der Waals surface area contributed by atoms with Crippen LogP contribution in [-0.4, -0.2) is 22.5 Å². The average Bonchev–Trinajstić information content (AvgIpc) is 2.67. The number of thioether (sulfide) groups is 1. The minimum absolute atomic E-state index is 0.250. The Bertz CT molecular complexity index is 303. The van der Waals surface area contributed by atoms with Crippen molar-refractivity contribution in [1.82, 2.24) is 4.98 Å². The highest BCUT2D eigenvalue weighted by molar-refractivity contribution is 7.99. The summed E-state index contributed by atoms with van der Waals surface area (Å²) < 4.78 is 0. The van der Waals surface area contributed by atoms with Gasteiger partial charge in [-0.25, -0.2) is 4.98 Å². The number of rotatable bonds is 3. The highest BCUT2D eigenvalue weighted by Gasteiger charge is 2.18. The minimum Gasteiger partial charge on any atom is -0.328 e. The fourth-order valence-corrected chi connectivity index (χ4v) is 4.20. The Morgan fingerprint density at radius 1 is 1.53 bits per heavy atom. The monoisotopic (exact) mass is 242 g/mol. The van der Waals surface area contributed by atoms with Crippen molar-refractivity contribution >= 4 is 23.1 Å². The van der Waals surface area contributed by atoms with Crippen molar-refractivity contribution in [3.63, 3.8) is 0 Å². The summed E-state index contributed by atoms with van der Waals surface area (Å²) in [5.74, 6) is 3.32. The van der Waals surface area contributed by atoms with Gasteiger partial charge in [0.25, 0.3) is 0 Å². The van der Waals surface area contributed by atoms with Crippen LogP contribution in [0.2, 0.25) is 0 Å². The first-order valence-electron chi connectivity index (χ1n) is 5.53. The van der Waals surface area contributed by atoms with Crippen molar-refractivity contribution in [1.29, 1.82) is 0 Å². The SMILES string of the molecule is CC(N)Cc1cnc(C2CCSCC2)s1. The van der Waals surface area contributed by atoms with Gasteiger partial charge in [-0.1, -0.05) is 0 Å². The zero-order valence-electron chi connectivity index (χ0n) is 9.11. The zero-order valence-corrected chi connectivity index (χ0v) is 10.7. The van der Waals surface area contributed by atoms with Gasteiger partial charge in [0.2, 0.25) is 0 Å². The van der Waals surface area contributed by atoms with Gasteiger partial charge in [0.05, 0.1) is 5.01 Å². The average molecular weight is 242 g/mol. The molecule has 0 aliphatic carbocycles. The molecule has 1 aromatic rings. The molecule has 0 aromatic carbocycles. The molecular weight excluding hydrogens is 224 g/mol. The lowest BCUT2D eigenvalue weighted by molar-refractivity contribution is 0.633. The molecule has 2 N–H and O–H groups in total. The third kappa shape index (κ3) is 3.20. The third-order valence-corrected chi connectivity index (χ3v) is 4.90. The lowest BCUT2D eigenvalue weighted by Gasteiger charge is -2.18. The molecule has 0 spiro atoms. The number of aromatic nitrogens is 1. The number of hydrogen-bond acceptors (Lipinski definition) is 4. The first kappa shape index (κ1) is 11.4. The van der Waals surface area contributed by atoms with Gasteiger partial charge in [0.1, 0.15) is 0 Å². The molecule has 4 heteroatoms. The molecule has 0 saturated carbocycles. The third-order valence-electron chi connectivity index (χ3n) is 2.67. The number of nitrogens with zero attached hydrogens (tertiary/aromatic N) is 1. The minimum atomic E-state index is 0.250. The van der Waals surface area contributed by atoms with Crippen LogP contribution in [0.15, 0.2) is 6.20 Å². The first-order chi connectivity index (χ1) is 7.25.